The summed E-state index contributed by atoms with van der Waals surface area (Å²) in [5.74, 6) is 0. The summed E-state index contributed by atoms with van der Waals surface area (Å²) < 4.78 is 0. The number of aliphatic hydroxyl groups is 3. The average molecular weight is 224 g/mol. The summed E-state index contributed by atoms with van der Waals surface area (Å²) in [4.78, 5) is 0. The summed E-state index contributed by atoms with van der Waals surface area (Å²) in [6.07, 6.45) is -2.15. The van der Waals surface area contributed by atoms with Crippen molar-refractivity contribution in [2.75, 3.05) is 6.61 Å². The molecule has 0 aliphatic rings. The highest BCUT2D eigenvalue weighted by Crippen LogP contribution is 2.29. The third-order valence-electron chi connectivity index (χ3n) is 3.27. The van der Waals surface area contributed by atoms with Crippen molar-refractivity contribution in [3.05, 3.63) is 33.9 Å². The lowest BCUT2D eigenvalue weighted by Crippen LogP contribution is -2.24. The molecule has 3 nitrogen and oxygen atoms in total. The van der Waals surface area contributed by atoms with Crippen molar-refractivity contribution >= 4 is 0 Å². The fraction of sp³-hybridized carbons (Fsp3) is 0.538. The first-order chi connectivity index (χ1) is 7.40. The van der Waals surface area contributed by atoms with Crippen LogP contribution in [0.2, 0.25) is 0 Å². The van der Waals surface area contributed by atoms with E-state index in [4.69, 9.17) is 5.11 Å². The maximum absolute atomic E-state index is 9.99. The topological polar surface area (TPSA) is 60.7 Å². The monoisotopic (exact) mass is 224 g/mol. The smallest absolute Gasteiger partial charge is 0.108 e. The fourth-order valence-electron chi connectivity index (χ4n) is 1.98. The summed E-state index contributed by atoms with van der Waals surface area (Å²) in [5, 5.41) is 28.4. The molecule has 0 aliphatic carbocycles. The van der Waals surface area contributed by atoms with Crippen molar-refractivity contribution in [2.24, 2.45) is 0 Å². The second kappa shape index (κ2) is 4.95. The van der Waals surface area contributed by atoms with Gasteiger partial charge in [-0.05, 0) is 55.5 Å². The maximum atomic E-state index is 9.99. The molecule has 0 spiro atoms. The Hall–Kier alpha value is -0.900. The Morgan fingerprint density at radius 1 is 1.00 bits per heavy atom. The van der Waals surface area contributed by atoms with E-state index in [-0.39, 0.29) is 0 Å². The third-order valence-corrected chi connectivity index (χ3v) is 3.27. The third kappa shape index (κ3) is 2.26. The summed E-state index contributed by atoms with van der Waals surface area (Å²) in [6, 6.07) is 2.06. The van der Waals surface area contributed by atoms with Crippen LogP contribution in [-0.4, -0.2) is 28.0 Å². The number of aliphatic hydroxyl groups excluding tert-OH is 3. The molecule has 0 radical (unpaired) electrons. The normalized spacial score (nSPS) is 14.9. The molecule has 0 aliphatic heterocycles. The highest BCUT2D eigenvalue weighted by molar-refractivity contribution is 5.45. The fourth-order valence-corrected chi connectivity index (χ4v) is 1.98. The first-order valence-corrected chi connectivity index (χ1v) is 5.44. The maximum Gasteiger partial charge on any atom is 0.108 e. The van der Waals surface area contributed by atoms with Crippen LogP contribution < -0.4 is 0 Å². The zero-order valence-corrected chi connectivity index (χ0v) is 10.3. The van der Waals surface area contributed by atoms with Gasteiger partial charge in [-0.1, -0.05) is 6.07 Å². The Morgan fingerprint density at radius 3 is 1.81 bits per heavy atom. The first kappa shape index (κ1) is 13.2. The number of aryl methyl sites for hydroxylation is 2. The molecular formula is C13H20O3. The Labute approximate surface area is 96.4 Å². The van der Waals surface area contributed by atoms with Crippen LogP contribution in [-0.2, 0) is 0 Å². The van der Waals surface area contributed by atoms with Gasteiger partial charge in [-0.15, -0.1) is 0 Å². The van der Waals surface area contributed by atoms with Crippen molar-refractivity contribution in [1.29, 1.82) is 0 Å². The highest BCUT2D eigenvalue weighted by Gasteiger charge is 2.22. The van der Waals surface area contributed by atoms with Crippen molar-refractivity contribution in [1.82, 2.24) is 0 Å². The van der Waals surface area contributed by atoms with Crippen LogP contribution in [0.4, 0.5) is 0 Å². The number of benzene rings is 1. The van der Waals surface area contributed by atoms with Gasteiger partial charge in [0.25, 0.3) is 0 Å². The minimum atomic E-state index is -1.13. The van der Waals surface area contributed by atoms with Crippen LogP contribution in [0.1, 0.15) is 33.9 Å². The van der Waals surface area contributed by atoms with Gasteiger partial charge >= 0.3 is 0 Å². The summed E-state index contributed by atoms with van der Waals surface area (Å²) in [7, 11) is 0. The highest BCUT2D eigenvalue weighted by atomic mass is 16.4. The van der Waals surface area contributed by atoms with Crippen LogP contribution in [0, 0.1) is 27.7 Å². The SMILES string of the molecule is Cc1cc(C)c(C)c(C(O)C(O)CO)c1C. The molecule has 0 aromatic heterocycles. The minimum absolute atomic E-state index is 0.437. The molecule has 90 valence electrons. The molecule has 0 saturated heterocycles. The minimum Gasteiger partial charge on any atom is -0.394 e. The molecule has 2 atom stereocenters. The molecule has 0 bridgehead atoms. The zero-order valence-electron chi connectivity index (χ0n) is 10.3. The van der Waals surface area contributed by atoms with Gasteiger partial charge in [0, 0.05) is 0 Å². The first-order valence-electron chi connectivity index (χ1n) is 5.44. The number of rotatable bonds is 3. The molecule has 1 rings (SSSR count). The molecule has 2 unspecified atom stereocenters. The summed E-state index contributed by atoms with van der Waals surface area (Å²) in [6.45, 7) is 7.36. The zero-order chi connectivity index (χ0) is 12.5. The Bertz CT molecular complexity index is 359. The second-order valence-electron chi connectivity index (χ2n) is 4.37. The van der Waals surface area contributed by atoms with Crippen molar-refractivity contribution < 1.29 is 15.3 Å². The lowest BCUT2D eigenvalue weighted by Gasteiger charge is -2.22. The Kier molecular flexibility index (Phi) is 4.08. The van der Waals surface area contributed by atoms with Crippen LogP contribution in [0.25, 0.3) is 0 Å². The van der Waals surface area contributed by atoms with E-state index in [9.17, 15) is 10.2 Å². The van der Waals surface area contributed by atoms with Gasteiger partial charge in [-0.25, -0.2) is 0 Å². The van der Waals surface area contributed by atoms with Crippen LogP contribution in [0.3, 0.4) is 0 Å². The van der Waals surface area contributed by atoms with E-state index in [1.165, 1.54) is 0 Å². The quantitative estimate of drug-likeness (QED) is 0.725. The van der Waals surface area contributed by atoms with E-state index >= 15 is 0 Å². The van der Waals surface area contributed by atoms with E-state index < -0.39 is 18.8 Å². The van der Waals surface area contributed by atoms with Crippen molar-refractivity contribution in [3.63, 3.8) is 0 Å². The van der Waals surface area contributed by atoms with Gasteiger partial charge in [0.1, 0.15) is 12.2 Å². The predicted molar refractivity (Wildman–Crippen MR) is 63.4 cm³/mol. The largest absolute Gasteiger partial charge is 0.394 e. The Morgan fingerprint density at radius 2 is 1.44 bits per heavy atom. The van der Waals surface area contributed by atoms with E-state index in [1.54, 1.807) is 0 Å². The average Bonchev–Trinajstić information content (AvgIpc) is 2.25. The second-order valence-corrected chi connectivity index (χ2v) is 4.37. The molecule has 16 heavy (non-hydrogen) atoms. The molecule has 0 heterocycles. The van der Waals surface area contributed by atoms with E-state index in [0.717, 1.165) is 27.8 Å². The standard InChI is InChI=1S/C13H20O3/c1-7-5-8(2)10(4)12(9(7)3)13(16)11(15)6-14/h5,11,13-16H,6H2,1-4H3. The van der Waals surface area contributed by atoms with Gasteiger partial charge < -0.3 is 15.3 Å². The lowest BCUT2D eigenvalue weighted by atomic mass is 9.89. The molecule has 0 saturated carbocycles. The van der Waals surface area contributed by atoms with E-state index in [1.807, 2.05) is 27.7 Å². The van der Waals surface area contributed by atoms with E-state index in [2.05, 4.69) is 6.07 Å². The lowest BCUT2D eigenvalue weighted by molar-refractivity contribution is -0.0158. The molecule has 3 heteroatoms. The van der Waals surface area contributed by atoms with Gasteiger partial charge in [0.05, 0.1) is 6.61 Å². The predicted octanol–water partition coefficient (Wildman–Crippen LogP) is 1.31. The van der Waals surface area contributed by atoms with Gasteiger partial charge in [0.2, 0.25) is 0 Å². The van der Waals surface area contributed by atoms with Crippen LogP contribution in [0.5, 0.6) is 0 Å². The molecule has 3 N–H and O–H groups in total. The molecule has 0 amide bonds. The molecular weight excluding hydrogens is 204 g/mol. The number of hydrogen-bond donors (Lipinski definition) is 3. The molecule has 1 aromatic rings. The number of hydrogen-bond acceptors (Lipinski definition) is 3. The molecule has 1 aromatic carbocycles. The molecule has 0 fully saturated rings. The van der Waals surface area contributed by atoms with Gasteiger partial charge in [0.15, 0.2) is 0 Å². The van der Waals surface area contributed by atoms with Gasteiger partial charge in [-0.3, -0.25) is 0 Å². The van der Waals surface area contributed by atoms with Crippen LogP contribution in [0.15, 0.2) is 6.07 Å². The van der Waals surface area contributed by atoms with Crippen LogP contribution >= 0.6 is 0 Å². The van der Waals surface area contributed by atoms with Crippen molar-refractivity contribution in [2.45, 2.75) is 39.9 Å². The summed E-state index contributed by atoms with van der Waals surface area (Å²) >= 11 is 0. The summed E-state index contributed by atoms with van der Waals surface area (Å²) in [5.41, 5.74) is 4.86. The van der Waals surface area contributed by atoms with Gasteiger partial charge in [-0.2, -0.15) is 0 Å². The van der Waals surface area contributed by atoms with Crippen molar-refractivity contribution in [3.8, 4) is 0 Å². The Balaban J connectivity index is 3.31. The van der Waals surface area contributed by atoms with E-state index in [0.29, 0.717) is 0 Å².